The second-order valence-corrected chi connectivity index (χ2v) is 5.07. The van der Waals surface area contributed by atoms with Gasteiger partial charge in [-0.3, -0.25) is 0 Å². The van der Waals surface area contributed by atoms with E-state index in [1.54, 1.807) is 7.11 Å². The topological polar surface area (TPSA) is 30.5 Å². The molecule has 0 amide bonds. The number of hydrogen-bond acceptors (Lipinski definition) is 3. The molecule has 0 saturated carbocycles. The van der Waals surface area contributed by atoms with E-state index in [1.807, 2.05) is 24.3 Å². The minimum absolute atomic E-state index is 0.144. The monoisotopic (exact) mass is 251 g/mol. The Hall–Kier alpha value is -1.06. The zero-order chi connectivity index (χ0) is 13.4. The molecule has 3 heteroatoms. The van der Waals surface area contributed by atoms with Crippen molar-refractivity contribution in [1.82, 2.24) is 5.32 Å². The van der Waals surface area contributed by atoms with Gasteiger partial charge < -0.3 is 14.8 Å². The minimum Gasteiger partial charge on any atom is -0.497 e. The smallest absolute Gasteiger partial charge is 0.118 e. The van der Waals surface area contributed by atoms with Gasteiger partial charge >= 0.3 is 0 Å². The summed E-state index contributed by atoms with van der Waals surface area (Å²) in [5.74, 6) is 0.877. The van der Waals surface area contributed by atoms with Crippen molar-refractivity contribution in [1.29, 1.82) is 0 Å². The van der Waals surface area contributed by atoms with E-state index >= 15 is 0 Å². The molecule has 1 aromatic carbocycles. The highest BCUT2D eigenvalue weighted by Crippen LogP contribution is 2.15. The molecule has 0 unspecified atom stereocenters. The lowest BCUT2D eigenvalue weighted by atomic mass is 10.1. The van der Waals surface area contributed by atoms with Gasteiger partial charge in [0.15, 0.2) is 0 Å². The third-order valence-corrected chi connectivity index (χ3v) is 2.77. The lowest BCUT2D eigenvalue weighted by Gasteiger charge is -2.26. The normalized spacial score (nSPS) is 11.6. The number of nitrogens with one attached hydrogen (secondary N) is 1. The molecule has 0 aliphatic rings. The highest BCUT2D eigenvalue weighted by Gasteiger charge is 2.17. The SMILES string of the molecule is CCCNCC(C)(C)OCc1ccc(OC)cc1. The standard InChI is InChI=1S/C15H25NO2/c1-5-10-16-12-15(2,3)18-11-13-6-8-14(17-4)9-7-13/h6-9,16H,5,10-12H2,1-4H3. The van der Waals surface area contributed by atoms with E-state index < -0.39 is 0 Å². The van der Waals surface area contributed by atoms with Crippen LogP contribution < -0.4 is 10.1 Å². The van der Waals surface area contributed by atoms with E-state index in [1.165, 1.54) is 5.56 Å². The fourth-order valence-electron chi connectivity index (χ4n) is 1.62. The molecule has 0 aliphatic heterocycles. The fourth-order valence-corrected chi connectivity index (χ4v) is 1.62. The van der Waals surface area contributed by atoms with Crippen LogP contribution in [0.3, 0.4) is 0 Å². The third-order valence-electron chi connectivity index (χ3n) is 2.77. The summed E-state index contributed by atoms with van der Waals surface area (Å²) in [5.41, 5.74) is 1.02. The number of ether oxygens (including phenoxy) is 2. The molecule has 0 bridgehead atoms. The highest BCUT2D eigenvalue weighted by atomic mass is 16.5. The maximum Gasteiger partial charge on any atom is 0.118 e. The minimum atomic E-state index is -0.144. The second-order valence-electron chi connectivity index (χ2n) is 5.07. The van der Waals surface area contributed by atoms with Gasteiger partial charge in [-0.05, 0) is 44.5 Å². The van der Waals surface area contributed by atoms with Crippen molar-refractivity contribution in [2.24, 2.45) is 0 Å². The van der Waals surface area contributed by atoms with E-state index in [9.17, 15) is 0 Å². The van der Waals surface area contributed by atoms with Crippen LogP contribution in [0.2, 0.25) is 0 Å². The van der Waals surface area contributed by atoms with Crippen LogP contribution in [0.25, 0.3) is 0 Å². The summed E-state index contributed by atoms with van der Waals surface area (Å²) in [6, 6.07) is 7.99. The Bertz CT molecular complexity index is 333. The maximum absolute atomic E-state index is 5.93. The Morgan fingerprint density at radius 1 is 1.17 bits per heavy atom. The molecular weight excluding hydrogens is 226 g/mol. The average Bonchev–Trinajstić information content (AvgIpc) is 2.37. The summed E-state index contributed by atoms with van der Waals surface area (Å²) >= 11 is 0. The molecule has 3 nitrogen and oxygen atoms in total. The van der Waals surface area contributed by atoms with Crippen LogP contribution in [0.1, 0.15) is 32.8 Å². The first kappa shape index (κ1) is 15.0. The maximum atomic E-state index is 5.93. The molecule has 18 heavy (non-hydrogen) atoms. The first-order chi connectivity index (χ1) is 8.57. The van der Waals surface area contributed by atoms with Gasteiger partial charge in [0.25, 0.3) is 0 Å². The van der Waals surface area contributed by atoms with Crippen molar-refractivity contribution in [3.63, 3.8) is 0 Å². The second kappa shape index (κ2) is 7.39. The Kier molecular flexibility index (Phi) is 6.16. The van der Waals surface area contributed by atoms with Crippen LogP contribution in [-0.2, 0) is 11.3 Å². The molecule has 0 fully saturated rings. The molecular formula is C15H25NO2. The van der Waals surface area contributed by atoms with E-state index in [4.69, 9.17) is 9.47 Å². The predicted octanol–water partition coefficient (Wildman–Crippen LogP) is 2.99. The summed E-state index contributed by atoms with van der Waals surface area (Å²) in [7, 11) is 1.67. The fraction of sp³-hybridized carbons (Fsp3) is 0.600. The summed E-state index contributed by atoms with van der Waals surface area (Å²) in [6.07, 6.45) is 1.15. The van der Waals surface area contributed by atoms with E-state index in [0.717, 1.165) is 25.3 Å². The van der Waals surface area contributed by atoms with Gasteiger partial charge in [0.05, 0.1) is 19.3 Å². The predicted molar refractivity (Wildman–Crippen MR) is 75.0 cm³/mol. The van der Waals surface area contributed by atoms with E-state index in [2.05, 4.69) is 26.1 Å². The number of hydrogen-bond donors (Lipinski definition) is 1. The first-order valence-electron chi connectivity index (χ1n) is 6.55. The molecule has 102 valence electrons. The van der Waals surface area contributed by atoms with Gasteiger partial charge in [-0.2, -0.15) is 0 Å². The van der Waals surface area contributed by atoms with Crippen LogP contribution in [-0.4, -0.2) is 25.8 Å². The molecule has 1 rings (SSSR count). The summed E-state index contributed by atoms with van der Waals surface area (Å²) in [6.45, 7) is 8.92. The van der Waals surface area contributed by atoms with Gasteiger partial charge in [0.1, 0.15) is 5.75 Å². The molecule has 1 aromatic rings. The quantitative estimate of drug-likeness (QED) is 0.720. The number of methoxy groups -OCH3 is 1. The Balaban J connectivity index is 2.37. The largest absolute Gasteiger partial charge is 0.497 e. The highest BCUT2D eigenvalue weighted by molar-refractivity contribution is 5.26. The van der Waals surface area contributed by atoms with Crippen LogP contribution in [0.5, 0.6) is 5.75 Å². The number of rotatable bonds is 8. The van der Waals surface area contributed by atoms with Crippen molar-refractivity contribution in [2.45, 2.75) is 39.4 Å². The van der Waals surface area contributed by atoms with Crippen LogP contribution in [0.4, 0.5) is 0 Å². The molecule has 0 saturated heterocycles. The molecule has 0 atom stereocenters. The average molecular weight is 251 g/mol. The molecule has 0 aliphatic carbocycles. The zero-order valence-electron chi connectivity index (χ0n) is 12.0. The Labute approximate surface area is 110 Å². The van der Waals surface area contributed by atoms with Crippen molar-refractivity contribution in [2.75, 3.05) is 20.2 Å². The molecule has 0 spiro atoms. The molecule has 0 aromatic heterocycles. The van der Waals surface area contributed by atoms with Crippen molar-refractivity contribution < 1.29 is 9.47 Å². The van der Waals surface area contributed by atoms with Crippen LogP contribution in [0, 0.1) is 0 Å². The van der Waals surface area contributed by atoms with Crippen LogP contribution in [0.15, 0.2) is 24.3 Å². The van der Waals surface area contributed by atoms with Crippen molar-refractivity contribution in [3.05, 3.63) is 29.8 Å². The summed E-state index contributed by atoms with van der Waals surface area (Å²) in [4.78, 5) is 0. The summed E-state index contributed by atoms with van der Waals surface area (Å²) in [5, 5.41) is 3.38. The third kappa shape index (κ3) is 5.52. The van der Waals surface area contributed by atoms with Gasteiger partial charge in [-0.1, -0.05) is 19.1 Å². The van der Waals surface area contributed by atoms with Crippen molar-refractivity contribution in [3.8, 4) is 5.75 Å². The van der Waals surface area contributed by atoms with Gasteiger partial charge in [0.2, 0.25) is 0 Å². The van der Waals surface area contributed by atoms with Gasteiger partial charge in [-0.25, -0.2) is 0 Å². The zero-order valence-corrected chi connectivity index (χ0v) is 12.0. The Morgan fingerprint density at radius 2 is 1.83 bits per heavy atom. The lowest BCUT2D eigenvalue weighted by molar-refractivity contribution is -0.0277. The first-order valence-corrected chi connectivity index (χ1v) is 6.55. The molecule has 0 heterocycles. The van der Waals surface area contributed by atoms with E-state index in [0.29, 0.717) is 6.61 Å². The van der Waals surface area contributed by atoms with Gasteiger partial charge in [0, 0.05) is 6.54 Å². The lowest BCUT2D eigenvalue weighted by Crippen LogP contribution is -2.37. The number of benzene rings is 1. The molecule has 0 radical (unpaired) electrons. The van der Waals surface area contributed by atoms with E-state index in [-0.39, 0.29) is 5.60 Å². The molecule has 1 N–H and O–H groups in total. The van der Waals surface area contributed by atoms with Gasteiger partial charge in [-0.15, -0.1) is 0 Å². The summed E-state index contributed by atoms with van der Waals surface area (Å²) < 4.78 is 11.1. The van der Waals surface area contributed by atoms with Crippen molar-refractivity contribution >= 4 is 0 Å². The Morgan fingerprint density at radius 3 is 2.39 bits per heavy atom. The van der Waals surface area contributed by atoms with Crippen LogP contribution >= 0.6 is 0 Å².